The summed E-state index contributed by atoms with van der Waals surface area (Å²) in [6.07, 6.45) is -2.70. The summed E-state index contributed by atoms with van der Waals surface area (Å²) in [6, 6.07) is 3.18. The maximum Gasteiger partial charge on any atom is 0.417 e. The van der Waals surface area contributed by atoms with Crippen molar-refractivity contribution in [2.24, 2.45) is 0 Å². The fourth-order valence-electron chi connectivity index (χ4n) is 2.05. The van der Waals surface area contributed by atoms with Gasteiger partial charge in [0.2, 0.25) is 0 Å². The number of anilines is 1. The van der Waals surface area contributed by atoms with Crippen LogP contribution >= 0.6 is 0 Å². The SMILES string of the molecule is O=C(NCc1ccc(C(F)(F)F)cn1)C(=O)Nc1cnc2o[nH]c(=O)c2c1. The second-order valence-corrected chi connectivity index (χ2v) is 5.28. The molecule has 3 N–H and O–H groups in total. The number of fused-ring (bicyclic) bond motifs is 1. The van der Waals surface area contributed by atoms with E-state index in [-0.39, 0.29) is 29.0 Å². The Morgan fingerprint density at radius 2 is 1.93 bits per heavy atom. The lowest BCUT2D eigenvalue weighted by molar-refractivity contribution is -0.137. The minimum Gasteiger partial charge on any atom is -0.358 e. The molecule has 0 aliphatic rings. The molecule has 140 valence electrons. The first kappa shape index (κ1) is 18.1. The number of alkyl halides is 3. The summed E-state index contributed by atoms with van der Waals surface area (Å²) in [7, 11) is 0. The lowest BCUT2D eigenvalue weighted by Crippen LogP contribution is -2.35. The van der Waals surface area contributed by atoms with Crippen molar-refractivity contribution < 1.29 is 27.3 Å². The van der Waals surface area contributed by atoms with Crippen LogP contribution in [-0.4, -0.2) is 26.9 Å². The molecule has 2 amide bonds. The van der Waals surface area contributed by atoms with Crippen molar-refractivity contribution in [2.75, 3.05) is 5.32 Å². The fraction of sp³-hybridized carbons (Fsp3) is 0.133. The Labute approximate surface area is 147 Å². The normalized spacial score (nSPS) is 11.4. The Morgan fingerprint density at radius 3 is 2.59 bits per heavy atom. The van der Waals surface area contributed by atoms with Crippen LogP contribution in [0.4, 0.5) is 18.9 Å². The monoisotopic (exact) mass is 381 g/mol. The fourth-order valence-corrected chi connectivity index (χ4v) is 2.05. The van der Waals surface area contributed by atoms with E-state index in [4.69, 9.17) is 4.52 Å². The van der Waals surface area contributed by atoms with Gasteiger partial charge >= 0.3 is 18.0 Å². The lowest BCUT2D eigenvalue weighted by Gasteiger charge is -2.08. The van der Waals surface area contributed by atoms with Crippen molar-refractivity contribution in [3.05, 3.63) is 52.2 Å². The highest BCUT2D eigenvalue weighted by Gasteiger charge is 2.30. The molecule has 3 aromatic rings. The van der Waals surface area contributed by atoms with Crippen LogP contribution in [0.2, 0.25) is 0 Å². The quantitative estimate of drug-likeness (QED) is 0.584. The number of carbonyl (C=O) groups excluding carboxylic acids is 2. The third kappa shape index (κ3) is 4.11. The van der Waals surface area contributed by atoms with Gasteiger partial charge in [-0.05, 0) is 18.2 Å². The molecule has 0 atom stereocenters. The number of hydrogen-bond acceptors (Lipinski definition) is 6. The second-order valence-electron chi connectivity index (χ2n) is 5.28. The molecule has 0 saturated carbocycles. The lowest BCUT2D eigenvalue weighted by atomic mass is 10.2. The molecule has 0 unspecified atom stereocenters. The van der Waals surface area contributed by atoms with Gasteiger partial charge < -0.3 is 15.2 Å². The van der Waals surface area contributed by atoms with Crippen LogP contribution < -0.4 is 16.2 Å². The molecule has 0 aromatic carbocycles. The zero-order valence-electron chi connectivity index (χ0n) is 13.3. The summed E-state index contributed by atoms with van der Waals surface area (Å²) in [5.74, 6) is -2.10. The molecule has 0 aliphatic carbocycles. The van der Waals surface area contributed by atoms with Crippen LogP contribution in [0.3, 0.4) is 0 Å². The molecule has 0 bridgehead atoms. The molecule has 27 heavy (non-hydrogen) atoms. The van der Waals surface area contributed by atoms with E-state index in [1.807, 2.05) is 0 Å². The van der Waals surface area contributed by atoms with Crippen LogP contribution in [0.1, 0.15) is 11.3 Å². The topological polar surface area (TPSA) is 130 Å². The minimum atomic E-state index is -4.51. The van der Waals surface area contributed by atoms with Crippen LogP contribution in [0.5, 0.6) is 0 Å². The van der Waals surface area contributed by atoms with E-state index in [2.05, 4.69) is 25.8 Å². The van der Waals surface area contributed by atoms with Gasteiger partial charge in [0.1, 0.15) is 5.39 Å². The van der Waals surface area contributed by atoms with E-state index in [9.17, 15) is 27.6 Å². The number of nitrogens with zero attached hydrogens (tertiary/aromatic N) is 2. The molecular formula is C15H10F3N5O4. The Balaban J connectivity index is 1.59. The van der Waals surface area contributed by atoms with Gasteiger partial charge in [0, 0.05) is 6.20 Å². The third-order valence-electron chi connectivity index (χ3n) is 3.38. The Bertz CT molecular complexity index is 1060. The maximum atomic E-state index is 12.5. The van der Waals surface area contributed by atoms with Crippen molar-refractivity contribution in [3.63, 3.8) is 0 Å². The number of rotatable bonds is 3. The van der Waals surface area contributed by atoms with Gasteiger partial charge in [-0.15, -0.1) is 0 Å². The molecule has 0 radical (unpaired) electrons. The average Bonchev–Trinajstić information content (AvgIpc) is 3.00. The molecule has 3 rings (SSSR count). The summed E-state index contributed by atoms with van der Waals surface area (Å²) in [5.41, 5.74) is -1.21. The molecule has 0 fully saturated rings. The number of aromatic amines is 1. The van der Waals surface area contributed by atoms with E-state index in [0.29, 0.717) is 6.20 Å². The molecule has 12 heteroatoms. The van der Waals surface area contributed by atoms with E-state index < -0.39 is 29.1 Å². The molecule has 3 aromatic heterocycles. The van der Waals surface area contributed by atoms with Gasteiger partial charge in [0.05, 0.1) is 29.7 Å². The zero-order chi connectivity index (χ0) is 19.6. The van der Waals surface area contributed by atoms with E-state index >= 15 is 0 Å². The van der Waals surface area contributed by atoms with Crippen molar-refractivity contribution in [3.8, 4) is 0 Å². The number of H-pyrrole nitrogens is 1. The van der Waals surface area contributed by atoms with Crippen LogP contribution in [0.25, 0.3) is 11.1 Å². The largest absolute Gasteiger partial charge is 0.417 e. The molecule has 3 heterocycles. The highest BCUT2D eigenvalue weighted by molar-refractivity contribution is 6.39. The van der Waals surface area contributed by atoms with Gasteiger partial charge in [-0.2, -0.15) is 18.3 Å². The predicted molar refractivity (Wildman–Crippen MR) is 84.3 cm³/mol. The molecular weight excluding hydrogens is 371 g/mol. The first-order chi connectivity index (χ1) is 12.7. The molecule has 0 aliphatic heterocycles. The summed E-state index contributed by atoms with van der Waals surface area (Å²) in [5, 5.41) is 6.61. The first-order valence-corrected chi connectivity index (χ1v) is 7.32. The van der Waals surface area contributed by atoms with Crippen LogP contribution in [-0.2, 0) is 22.3 Å². The van der Waals surface area contributed by atoms with Crippen molar-refractivity contribution >= 4 is 28.6 Å². The predicted octanol–water partition coefficient (Wildman–Crippen LogP) is 1.18. The summed E-state index contributed by atoms with van der Waals surface area (Å²) < 4.78 is 42.1. The smallest absolute Gasteiger partial charge is 0.358 e. The van der Waals surface area contributed by atoms with Gasteiger partial charge in [0.25, 0.3) is 11.3 Å². The van der Waals surface area contributed by atoms with E-state index in [1.54, 1.807) is 0 Å². The average molecular weight is 381 g/mol. The number of hydrogen-bond donors (Lipinski definition) is 3. The van der Waals surface area contributed by atoms with Crippen molar-refractivity contribution in [2.45, 2.75) is 12.7 Å². The Hall–Kier alpha value is -3.70. The van der Waals surface area contributed by atoms with Crippen molar-refractivity contribution in [1.82, 2.24) is 20.4 Å². The Kier molecular flexibility index (Phi) is 4.62. The standard InChI is InChI=1S/C15H10F3N5O4/c16-15(17,18)7-1-2-8(19-4-7)5-20-12(25)13(26)22-9-3-10-11(24)23-27-14(10)21-6-9/h1-4,6H,5H2,(H,20,25)(H,22,26)(H,23,24). The van der Waals surface area contributed by atoms with Gasteiger partial charge in [-0.25, -0.2) is 4.98 Å². The van der Waals surface area contributed by atoms with E-state index in [1.165, 1.54) is 12.3 Å². The summed E-state index contributed by atoms with van der Waals surface area (Å²) >= 11 is 0. The molecule has 0 saturated heterocycles. The van der Waals surface area contributed by atoms with Gasteiger partial charge in [-0.3, -0.25) is 19.4 Å². The molecule has 9 nitrogen and oxygen atoms in total. The van der Waals surface area contributed by atoms with Gasteiger partial charge in [-0.1, -0.05) is 0 Å². The van der Waals surface area contributed by atoms with E-state index in [0.717, 1.165) is 12.1 Å². The summed E-state index contributed by atoms with van der Waals surface area (Å²) in [6.45, 7) is -0.247. The third-order valence-corrected chi connectivity index (χ3v) is 3.38. The zero-order valence-corrected chi connectivity index (χ0v) is 13.3. The van der Waals surface area contributed by atoms with Gasteiger partial charge in [0.15, 0.2) is 0 Å². The first-order valence-electron chi connectivity index (χ1n) is 7.32. The summed E-state index contributed by atoms with van der Waals surface area (Å²) in [4.78, 5) is 42.4. The molecule has 0 spiro atoms. The highest BCUT2D eigenvalue weighted by atomic mass is 19.4. The number of pyridine rings is 2. The number of halogens is 3. The second kappa shape index (κ2) is 6.90. The highest BCUT2D eigenvalue weighted by Crippen LogP contribution is 2.28. The number of nitrogens with one attached hydrogen (secondary N) is 3. The minimum absolute atomic E-state index is 0.0378. The number of amides is 2. The van der Waals surface area contributed by atoms with Crippen LogP contribution in [0.15, 0.2) is 39.9 Å². The number of aromatic nitrogens is 3. The van der Waals surface area contributed by atoms with Crippen LogP contribution in [0, 0.1) is 0 Å². The Morgan fingerprint density at radius 1 is 1.15 bits per heavy atom. The number of carbonyl (C=O) groups is 2. The van der Waals surface area contributed by atoms with Crippen molar-refractivity contribution in [1.29, 1.82) is 0 Å². The maximum absolute atomic E-state index is 12.5.